The van der Waals surface area contributed by atoms with Crippen LogP contribution in [0.2, 0.25) is 0 Å². The minimum absolute atomic E-state index is 0.105. The monoisotopic (exact) mass is 200 g/mol. The van der Waals surface area contributed by atoms with Gasteiger partial charge in [-0.3, -0.25) is 11.3 Å². The van der Waals surface area contributed by atoms with Gasteiger partial charge in [0.15, 0.2) is 0 Å². The third-order valence-corrected chi connectivity index (χ3v) is 2.44. The molecule has 1 rings (SSSR count). The number of nitrogens with two attached hydrogens (primary N) is 1. The van der Waals surface area contributed by atoms with Crippen LogP contribution in [0.3, 0.4) is 0 Å². The van der Waals surface area contributed by atoms with E-state index in [0.29, 0.717) is 6.61 Å². The first kappa shape index (κ1) is 10.7. The van der Waals surface area contributed by atoms with Gasteiger partial charge in [0.2, 0.25) is 0 Å². The van der Waals surface area contributed by atoms with E-state index in [9.17, 15) is 0 Å². The number of hydrogen-bond acceptors (Lipinski definition) is 4. The van der Waals surface area contributed by atoms with Gasteiger partial charge >= 0.3 is 0 Å². The summed E-state index contributed by atoms with van der Waals surface area (Å²) in [6.07, 6.45) is 0.245. The van der Waals surface area contributed by atoms with Gasteiger partial charge in [-0.1, -0.05) is 0 Å². The Morgan fingerprint density at radius 2 is 2.38 bits per heavy atom. The van der Waals surface area contributed by atoms with Crippen LogP contribution in [0.4, 0.5) is 0 Å². The lowest BCUT2D eigenvalue weighted by Gasteiger charge is -2.16. The van der Waals surface area contributed by atoms with Gasteiger partial charge in [-0.05, 0) is 36.2 Å². The standard InChI is InChI=1S/C9H16N2OS/c1-7(2)12-5-9(11-10)8-3-4-13-6-8/h3-4,6-7,9,11H,5,10H2,1-2H3. The molecule has 1 aromatic heterocycles. The van der Waals surface area contributed by atoms with Crippen LogP contribution >= 0.6 is 11.3 Å². The first-order chi connectivity index (χ1) is 6.24. The van der Waals surface area contributed by atoms with Gasteiger partial charge in [-0.25, -0.2) is 0 Å². The van der Waals surface area contributed by atoms with Crippen LogP contribution < -0.4 is 11.3 Å². The second-order valence-electron chi connectivity index (χ2n) is 3.16. The van der Waals surface area contributed by atoms with Crippen LogP contribution in [0.25, 0.3) is 0 Å². The Balaban J connectivity index is 2.44. The highest BCUT2D eigenvalue weighted by Gasteiger charge is 2.10. The third kappa shape index (κ3) is 3.44. The number of ether oxygens (including phenoxy) is 1. The molecule has 0 amide bonds. The highest BCUT2D eigenvalue weighted by atomic mass is 32.1. The van der Waals surface area contributed by atoms with Gasteiger partial charge in [-0.15, -0.1) is 0 Å². The summed E-state index contributed by atoms with van der Waals surface area (Å²) in [5.74, 6) is 5.42. The molecule has 3 nitrogen and oxygen atoms in total. The average Bonchev–Trinajstić information content (AvgIpc) is 2.58. The van der Waals surface area contributed by atoms with Crippen molar-refractivity contribution in [1.82, 2.24) is 5.43 Å². The average molecular weight is 200 g/mol. The molecule has 3 N–H and O–H groups in total. The van der Waals surface area contributed by atoms with Gasteiger partial charge in [-0.2, -0.15) is 11.3 Å². The van der Waals surface area contributed by atoms with E-state index in [1.165, 1.54) is 5.56 Å². The van der Waals surface area contributed by atoms with Gasteiger partial charge < -0.3 is 4.74 Å². The second kappa shape index (κ2) is 5.34. The zero-order valence-corrected chi connectivity index (χ0v) is 8.80. The fourth-order valence-electron chi connectivity index (χ4n) is 1.00. The maximum Gasteiger partial charge on any atom is 0.0702 e. The Hall–Kier alpha value is -0.420. The molecule has 0 radical (unpaired) electrons. The Labute approximate surface area is 82.9 Å². The summed E-state index contributed by atoms with van der Waals surface area (Å²) in [6.45, 7) is 4.65. The van der Waals surface area contributed by atoms with E-state index in [1.54, 1.807) is 11.3 Å². The van der Waals surface area contributed by atoms with Crippen molar-refractivity contribution >= 4 is 11.3 Å². The summed E-state index contributed by atoms with van der Waals surface area (Å²) in [5.41, 5.74) is 3.93. The van der Waals surface area contributed by atoms with Crippen molar-refractivity contribution in [2.24, 2.45) is 5.84 Å². The van der Waals surface area contributed by atoms with Crippen LogP contribution in [0.15, 0.2) is 16.8 Å². The molecule has 13 heavy (non-hydrogen) atoms. The smallest absolute Gasteiger partial charge is 0.0702 e. The molecule has 0 aliphatic rings. The zero-order valence-electron chi connectivity index (χ0n) is 7.99. The van der Waals surface area contributed by atoms with Crippen molar-refractivity contribution in [1.29, 1.82) is 0 Å². The fourth-order valence-corrected chi connectivity index (χ4v) is 1.72. The van der Waals surface area contributed by atoms with Crippen molar-refractivity contribution in [2.45, 2.75) is 26.0 Å². The van der Waals surface area contributed by atoms with E-state index < -0.39 is 0 Å². The van der Waals surface area contributed by atoms with Crippen molar-refractivity contribution < 1.29 is 4.74 Å². The van der Waals surface area contributed by atoms with Crippen LogP contribution in [0.1, 0.15) is 25.5 Å². The molecule has 0 saturated carbocycles. The van der Waals surface area contributed by atoms with E-state index in [1.807, 2.05) is 19.2 Å². The zero-order chi connectivity index (χ0) is 9.68. The summed E-state index contributed by atoms with van der Waals surface area (Å²) in [6, 6.07) is 2.16. The van der Waals surface area contributed by atoms with Gasteiger partial charge in [0.1, 0.15) is 0 Å². The molecule has 1 heterocycles. The number of hydrogen-bond donors (Lipinski definition) is 2. The molecule has 0 fully saturated rings. The molecule has 0 aromatic carbocycles. The van der Waals surface area contributed by atoms with Crippen LogP contribution in [-0.2, 0) is 4.74 Å². The fraction of sp³-hybridized carbons (Fsp3) is 0.556. The van der Waals surface area contributed by atoms with Crippen molar-refractivity contribution in [3.8, 4) is 0 Å². The minimum atomic E-state index is 0.105. The molecule has 1 unspecified atom stereocenters. The van der Waals surface area contributed by atoms with E-state index in [-0.39, 0.29) is 12.1 Å². The normalized spacial score (nSPS) is 13.5. The summed E-state index contributed by atoms with van der Waals surface area (Å²) < 4.78 is 5.48. The largest absolute Gasteiger partial charge is 0.377 e. The van der Waals surface area contributed by atoms with Crippen molar-refractivity contribution in [3.63, 3.8) is 0 Å². The first-order valence-corrected chi connectivity index (χ1v) is 5.28. The molecule has 0 spiro atoms. The number of thiophene rings is 1. The number of nitrogens with one attached hydrogen (secondary N) is 1. The topological polar surface area (TPSA) is 47.3 Å². The van der Waals surface area contributed by atoms with Gasteiger partial charge in [0.05, 0.1) is 18.8 Å². The predicted molar refractivity (Wildman–Crippen MR) is 55.5 cm³/mol. The molecule has 0 aliphatic heterocycles. The molecule has 74 valence electrons. The predicted octanol–water partition coefficient (Wildman–Crippen LogP) is 1.68. The second-order valence-corrected chi connectivity index (χ2v) is 3.94. The minimum Gasteiger partial charge on any atom is -0.377 e. The Morgan fingerprint density at radius 3 is 2.85 bits per heavy atom. The van der Waals surface area contributed by atoms with Crippen molar-refractivity contribution in [2.75, 3.05) is 6.61 Å². The Morgan fingerprint density at radius 1 is 1.62 bits per heavy atom. The van der Waals surface area contributed by atoms with Crippen molar-refractivity contribution in [3.05, 3.63) is 22.4 Å². The molecular weight excluding hydrogens is 184 g/mol. The number of hydrazine groups is 1. The third-order valence-electron chi connectivity index (χ3n) is 1.74. The molecular formula is C9H16N2OS. The molecule has 0 saturated heterocycles. The Bertz CT molecular complexity index is 224. The lowest BCUT2D eigenvalue weighted by Crippen LogP contribution is -2.31. The summed E-state index contributed by atoms with van der Waals surface area (Å²) in [4.78, 5) is 0. The highest BCUT2D eigenvalue weighted by Crippen LogP contribution is 2.16. The van der Waals surface area contributed by atoms with E-state index in [0.717, 1.165) is 0 Å². The highest BCUT2D eigenvalue weighted by molar-refractivity contribution is 7.07. The van der Waals surface area contributed by atoms with Crippen LogP contribution in [0.5, 0.6) is 0 Å². The molecule has 0 aliphatic carbocycles. The lowest BCUT2D eigenvalue weighted by atomic mass is 10.2. The Kier molecular flexibility index (Phi) is 4.38. The molecule has 1 atom stereocenters. The van der Waals surface area contributed by atoms with E-state index in [4.69, 9.17) is 10.6 Å². The van der Waals surface area contributed by atoms with Gasteiger partial charge in [0, 0.05) is 0 Å². The first-order valence-electron chi connectivity index (χ1n) is 4.34. The van der Waals surface area contributed by atoms with Gasteiger partial charge in [0.25, 0.3) is 0 Å². The van der Waals surface area contributed by atoms with Crippen LogP contribution in [0, 0.1) is 0 Å². The summed E-state index contributed by atoms with van der Waals surface area (Å²) in [7, 11) is 0. The van der Waals surface area contributed by atoms with E-state index >= 15 is 0 Å². The van der Waals surface area contributed by atoms with Crippen LogP contribution in [-0.4, -0.2) is 12.7 Å². The molecule has 1 aromatic rings. The summed E-state index contributed by atoms with van der Waals surface area (Å²) in [5, 5.41) is 4.11. The maximum atomic E-state index is 5.48. The summed E-state index contributed by atoms with van der Waals surface area (Å²) >= 11 is 1.67. The maximum absolute atomic E-state index is 5.48. The quantitative estimate of drug-likeness (QED) is 0.561. The molecule has 0 bridgehead atoms. The number of rotatable bonds is 5. The molecule has 4 heteroatoms. The van der Waals surface area contributed by atoms with E-state index in [2.05, 4.69) is 16.9 Å². The lowest BCUT2D eigenvalue weighted by molar-refractivity contribution is 0.0612. The SMILES string of the molecule is CC(C)OCC(NN)c1ccsc1.